The molecule has 0 saturated heterocycles. The van der Waals surface area contributed by atoms with E-state index in [9.17, 15) is 5.53 Å². The largest absolute Gasteiger partial charge is 2.00 e. The van der Waals surface area contributed by atoms with Crippen LogP contribution in [0.1, 0.15) is 576 Å². The van der Waals surface area contributed by atoms with E-state index in [1.165, 1.54) is 459 Å². The molecule has 652 valence electrons. The minimum absolute atomic E-state index is 0. The Hall–Kier alpha value is -2.96. The van der Waals surface area contributed by atoms with Gasteiger partial charge in [0.05, 0.1) is 5.57 Å². The molecule has 2 nitrogen and oxygen atoms in total. The molecule has 0 amide bonds. The van der Waals surface area contributed by atoms with Crippen molar-refractivity contribution < 1.29 is 25.1 Å². The van der Waals surface area contributed by atoms with Crippen LogP contribution >= 0.6 is 0 Å². The van der Waals surface area contributed by atoms with Gasteiger partial charge in [-0.05, 0) is 186 Å². The van der Waals surface area contributed by atoms with Crippen LogP contribution in [0.25, 0.3) is 16.9 Å². The Morgan fingerprint density at radius 1 is 0.257 bits per heavy atom. The first-order valence-electron chi connectivity index (χ1n) is 51.0. The minimum atomic E-state index is 0. The number of nitrogens with zero attached hydrogens (tertiary/aromatic N) is 2. The van der Waals surface area contributed by atoms with E-state index in [1.807, 2.05) is 0 Å². The van der Waals surface area contributed by atoms with E-state index in [2.05, 4.69) is 117 Å². The molecule has 3 rings (SSSR count). The van der Waals surface area contributed by atoms with Gasteiger partial charge in [0.15, 0.2) is 0 Å². The normalized spacial score (nSPS) is 12.1. The minimum Gasteiger partial charge on any atom is -0.694 e. The molecule has 0 bridgehead atoms. The molecule has 2 aromatic carbocycles. The fourth-order valence-electron chi connectivity index (χ4n) is 17.3. The quantitative estimate of drug-likeness (QED) is 0.0207. The zero-order chi connectivity index (χ0) is 81.3. The molecule has 1 aliphatic rings. The fourth-order valence-corrected chi connectivity index (χ4v) is 17.3. The van der Waals surface area contributed by atoms with Gasteiger partial charge in [-0.25, -0.2) is 4.70 Å². The van der Waals surface area contributed by atoms with Gasteiger partial charge in [-0.15, -0.1) is 0 Å². The van der Waals surface area contributed by atoms with E-state index in [4.69, 9.17) is 12.8 Å². The van der Waals surface area contributed by atoms with Gasteiger partial charge in [0.25, 0.3) is 0 Å². The standard InChI is InChI=1S/C84H146N2.2C13H23.Pd/c1-9-17-25-32-33-34-35-36-37-38-39-40-41-42-43-44-45-46-47-48-49-50-51-52-53-60-68-82-81(65-24-16-8)83(77-69-73(61-54-26-18-10-2)79(66-58-30-22-14-6)74(70-77)62-55-27-19-11-3)86(85)84(82)78-71-75(63-56-28-20-12-4)80(67-59-31-23-15-7)76(72-78)64-57-29-21-13-5;2*1-3-5-7-9-11-13-12-10-8-6-4-2;/h60,68-72H,9-59,61-67H2,1-8H3;2*3,5-13H2,1H3;/q;2*-1;+2. The molecule has 3 heteroatoms. The van der Waals surface area contributed by atoms with E-state index in [1.54, 1.807) is 38.1 Å². The van der Waals surface area contributed by atoms with E-state index in [0.29, 0.717) is 0 Å². The number of aryl methyl sites for hydroxylation is 4. The summed E-state index contributed by atoms with van der Waals surface area (Å²) in [6.07, 6.45) is 121. The third-order valence-corrected chi connectivity index (χ3v) is 24.6. The van der Waals surface area contributed by atoms with Gasteiger partial charge >= 0.3 is 20.4 Å². The summed E-state index contributed by atoms with van der Waals surface area (Å²) >= 11 is 0. The number of rotatable bonds is 79. The molecule has 0 unspecified atom stereocenters. The first-order valence-corrected chi connectivity index (χ1v) is 51.0. The molecular formula is C110H192N2Pd. The summed E-state index contributed by atoms with van der Waals surface area (Å²) in [5, 5.41) is 0. The first kappa shape index (κ1) is 110. The molecule has 0 saturated carbocycles. The Kier molecular flexibility index (Phi) is 83.2. The molecule has 0 aromatic heterocycles. The molecule has 0 aliphatic carbocycles. The average Bonchev–Trinajstić information content (AvgIpc) is 1.60. The zero-order valence-electron chi connectivity index (χ0n) is 77.8. The Bertz CT molecular complexity index is 2510. The van der Waals surface area contributed by atoms with Crippen LogP contribution in [-0.2, 0) is 58.9 Å². The summed E-state index contributed by atoms with van der Waals surface area (Å²) < 4.78 is 1.77. The van der Waals surface area contributed by atoms with Crippen LogP contribution in [0.3, 0.4) is 0 Å². The molecule has 113 heavy (non-hydrogen) atoms. The first-order chi connectivity index (χ1) is 55.3. The van der Waals surface area contributed by atoms with Gasteiger partial charge in [0, 0.05) is 16.7 Å². The van der Waals surface area contributed by atoms with Crippen molar-refractivity contribution in [3.05, 3.63) is 110 Å². The molecule has 2 aromatic rings. The van der Waals surface area contributed by atoms with E-state index in [-0.39, 0.29) is 20.4 Å². The molecule has 0 spiro atoms. The predicted octanol–water partition coefficient (Wildman–Crippen LogP) is 38.1. The molecule has 0 N–H and O–H groups in total. The molecule has 1 aliphatic heterocycles. The molecule has 0 radical (unpaired) electrons. The van der Waals surface area contributed by atoms with Crippen molar-refractivity contribution in [1.82, 2.24) is 0 Å². The maximum atomic E-state index is 13.5. The van der Waals surface area contributed by atoms with Crippen LogP contribution in [0.5, 0.6) is 0 Å². The Morgan fingerprint density at radius 2 is 0.469 bits per heavy atom. The smallest absolute Gasteiger partial charge is 0.694 e. The SMILES string of the molecule is CCCCCCCCCCCCCCCCCCCCCCCCCCC=CC1=C(c2cc(CCCCCC)c(CCCCCC)c(CCCCCC)c2)[N+](=[N-])C(c2cc(CCCCCC)c(CCCCCC)c(CCCCCC)c2)=C1CCCC.[C-]#CCCCCCCCCCCC.[C-]#CCCCCCCCCCCC.[Pd+2]. The van der Waals surface area contributed by atoms with Gasteiger partial charge in [0.2, 0.25) is 11.4 Å². The molecule has 0 fully saturated rings. The van der Waals surface area contributed by atoms with Crippen LogP contribution in [0.4, 0.5) is 0 Å². The van der Waals surface area contributed by atoms with Crippen LogP contribution < -0.4 is 0 Å². The van der Waals surface area contributed by atoms with Gasteiger partial charge in [-0.2, -0.15) is 0 Å². The van der Waals surface area contributed by atoms with E-state index in [0.717, 1.165) is 75.6 Å². The molecular weight excluding hydrogens is 1460 g/mol. The van der Waals surface area contributed by atoms with Crippen molar-refractivity contribution in [3.8, 4) is 11.8 Å². The number of benzene rings is 2. The molecule has 0 atom stereocenters. The summed E-state index contributed by atoms with van der Waals surface area (Å²) in [6.45, 7) is 23.3. The monoisotopic (exact) mass is 1650 g/mol. The average molecular weight is 1650 g/mol. The van der Waals surface area contributed by atoms with Crippen LogP contribution in [0, 0.1) is 24.7 Å². The zero-order valence-corrected chi connectivity index (χ0v) is 79.4. The second-order valence-electron chi connectivity index (χ2n) is 35.2. The fraction of sp³-hybridized carbons (Fsp3) is 0.800. The summed E-state index contributed by atoms with van der Waals surface area (Å²) in [7, 11) is 0. The van der Waals surface area contributed by atoms with Crippen molar-refractivity contribution in [3.63, 3.8) is 0 Å². The maximum Gasteiger partial charge on any atom is 2.00 e. The van der Waals surface area contributed by atoms with Crippen molar-refractivity contribution in [2.75, 3.05) is 0 Å². The number of hydrogen-bond acceptors (Lipinski definition) is 0. The summed E-state index contributed by atoms with van der Waals surface area (Å²) in [5.41, 5.74) is 30.4. The van der Waals surface area contributed by atoms with Crippen molar-refractivity contribution >= 4 is 11.4 Å². The van der Waals surface area contributed by atoms with Gasteiger partial charge in [0.1, 0.15) is 0 Å². The second-order valence-corrected chi connectivity index (χ2v) is 35.2. The van der Waals surface area contributed by atoms with Crippen LogP contribution in [0.15, 0.2) is 47.6 Å². The van der Waals surface area contributed by atoms with E-state index >= 15 is 0 Å². The Morgan fingerprint density at radius 3 is 0.717 bits per heavy atom. The second kappa shape index (κ2) is 85.5. The van der Waals surface area contributed by atoms with Crippen LogP contribution in [0.2, 0.25) is 0 Å². The Balaban J connectivity index is 0.00000392. The third kappa shape index (κ3) is 59.4. The number of unbranched alkanes of at least 4 members (excludes halogenated alkanes) is 61. The van der Waals surface area contributed by atoms with Crippen molar-refractivity contribution in [2.24, 2.45) is 0 Å². The van der Waals surface area contributed by atoms with Gasteiger partial charge in [-0.1, -0.05) is 454 Å². The summed E-state index contributed by atoms with van der Waals surface area (Å²) in [5.74, 6) is 4.87. The summed E-state index contributed by atoms with van der Waals surface area (Å²) in [6, 6.07) is 10.4. The Labute approximate surface area is 723 Å². The topological polar surface area (TPSA) is 25.3 Å². The predicted molar refractivity (Wildman–Crippen MR) is 505 cm³/mol. The van der Waals surface area contributed by atoms with Crippen LogP contribution in [-0.4, -0.2) is 4.70 Å². The third-order valence-electron chi connectivity index (χ3n) is 24.6. The van der Waals surface area contributed by atoms with E-state index < -0.39 is 0 Å². The number of hydrogen-bond donors (Lipinski definition) is 0. The maximum absolute atomic E-state index is 13.5. The summed E-state index contributed by atoms with van der Waals surface area (Å²) in [4.78, 5) is 0. The molecule has 1 heterocycles. The van der Waals surface area contributed by atoms with Gasteiger partial charge in [-0.3, -0.25) is 0 Å². The number of allylic oxidation sites excluding steroid dienone is 4. The van der Waals surface area contributed by atoms with Gasteiger partial charge < -0.3 is 30.2 Å². The van der Waals surface area contributed by atoms with Crippen molar-refractivity contribution in [1.29, 1.82) is 0 Å². The van der Waals surface area contributed by atoms with Crippen molar-refractivity contribution in [2.45, 2.75) is 570 Å².